The normalized spacial score (nSPS) is 14.8. The summed E-state index contributed by atoms with van der Waals surface area (Å²) in [6.45, 7) is 6.38. The first-order valence-electron chi connectivity index (χ1n) is 9.38. The van der Waals surface area contributed by atoms with Crippen LogP contribution in [0.4, 0.5) is 8.78 Å². The summed E-state index contributed by atoms with van der Waals surface area (Å²) in [6, 6.07) is 4.03. The number of carbonyl (C=O) groups excluding carboxylic acids is 1. The second-order valence-corrected chi connectivity index (χ2v) is 7.22. The fourth-order valence-electron chi connectivity index (χ4n) is 3.75. The van der Waals surface area contributed by atoms with E-state index in [0.29, 0.717) is 17.8 Å². The summed E-state index contributed by atoms with van der Waals surface area (Å²) in [7, 11) is 0. The summed E-state index contributed by atoms with van der Waals surface area (Å²) >= 11 is 0. The summed E-state index contributed by atoms with van der Waals surface area (Å²) in [6.07, 6.45) is 4.94. The molecular weight excluding hydrogens is 334 g/mol. The van der Waals surface area contributed by atoms with Gasteiger partial charge in [-0.1, -0.05) is 13.0 Å². The van der Waals surface area contributed by atoms with Crippen LogP contribution in [0.1, 0.15) is 66.0 Å². The number of aromatic nitrogens is 1. The van der Waals surface area contributed by atoms with Crippen molar-refractivity contribution in [3.8, 4) is 0 Å². The van der Waals surface area contributed by atoms with Crippen molar-refractivity contribution in [3.63, 3.8) is 0 Å². The second kappa shape index (κ2) is 7.60. The summed E-state index contributed by atoms with van der Waals surface area (Å²) in [5.41, 5.74) is 4.73. The molecule has 0 saturated carbocycles. The Balaban J connectivity index is 2.04. The van der Waals surface area contributed by atoms with Crippen LogP contribution >= 0.6 is 0 Å². The summed E-state index contributed by atoms with van der Waals surface area (Å²) in [4.78, 5) is 12.9. The Morgan fingerprint density at radius 1 is 1.23 bits per heavy atom. The van der Waals surface area contributed by atoms with E-state index in [2.05, 4.69) is 5.32 Å². The molecule has 1 heterocycles. The van der Waals surface area contributed by atoms with Crippen LogP contribution in [0.25, 0.3) is 0 Å². The predicted octanol–water partition coefficient (Wildman–Crippen LogP) is 4.53. The van der Waals surface area contributed by atoms with Gasteiger partial charge >= 0.3 is 0 Å². The topological polar surface area (TPSA) is 34.0 Å². The van der Waals surface area contributed by atoms with Gasteiger partial charge in [-0.25, -0.2) is 8.78 Å². The minimum atomic E-state index is -0.856. The zero-order valence-corrected chi connectivity index (χ0v) is 15.7. The number of rotatable bonds is 5. The molecule has 0 bridgehead atoms. The smallest absolute Gasteiger partial charge is 0.268 e. The van der Waals surface area contributed by atoms with Crippen molar-refractivity contribution in [1.29, 1.82) is 0 Å². The van der Waals surface area contributed by atoms with Gasteiger partial charge < -0.3 is 9.88 Å². The van der Waals surface area contributed by atoms with Gasteiger partial charge in [0.1, 0.15) is 5.69 Å². The molecule has 1 unspecified atom stereocenters. The molecular formula is C21H26F2N2O. The number of fused-ring (bicyclic) bond motifs is 1. The maximum absolute atomic E-state index is 13.6. The molecule has 0 radical (unpaired) electrons. The first-order chi connectivity index (χ1) is 12.4. The Morgan fingerprint density at radius 2 is 1.96 bits per heavy atom. The van der Waals surface area contributed by atoms with Crippen LogP contribution in [0.3, 0.4) is 0 Å². The summed E-state index contributed by atoms with van der Waals surface area (Å²) in [5.74, 6) is -1.80. The quantitative estimate of drug-likeness (QED) is 0.835. The van der Waals surface area contributed by atoms with Crippen LogP contribution < -0.4 is 5.32 Å². The predicted molar refractivity (Wildman–Crippen MR) is 98.5 cm³/mol. The van der Waals surface area contributed by atoms with E-state index in [-0.39, 0.29) is 11.9 Å². The second-order valence-electron chi connectivity index (χ2n) is 7.22. The lowest BCUT2D eigenvalue weighted by Gasteiger charge is -2.18. The van der Waals surface area contributed by atoms with Crippen LogP contribution in [0.5, 0.6) is 0 Å². The van der Waals surface area contributed by atoms with Crippen LogP contribution in [-0.4, -0.2) is 16.5 Å². The highest BCUT2D eigenvalue weighted by Crippen LogP contribution is 2.30. The van der Waals surface area contributed by atoms with Crippen molar-refractivity contribution in [2.45, 2.75) is 65.5 Å². The molecule has 26 heavy (non-hydrogen) atoms. The fourth-order valence-corrected chi connectivity index (χ4v) is 3.75. The zero-order valence-electron chi connectivity index (χ0n) is 15.7. The minimum absolute atomic E-state index is 0.0885. The number of nitrogens with zero attached hydrogens (tertiary/aromatic N) is 1. The third-order valence-electron chi connectivity index (χ3n) is 5.37. The van der Waals surface area contributed by atoms with Crippen molar-refractivity contribution in [2.24, 2.45) is 0 Å². The lowest BCUT2D eigenvalue weighted by molar-refractivity contribution is 0.0929. The van der Waals surface area contributed by atoms with E-state index >= 15 is 0 Å². The van der Waals surface area contributed by atoms with E-state index in [1.54, 1.807) is 6.07 Å². The lowest BCUT2D eigenvalue weighted by Crippen LogP contribution is -2.34. The van der Waals surface area contributed by atoms with Crippen molar-refractivity contribution in [1.82, 2.24) is 9.88 Å². The number of benzene rings is 1. The van der Waals surface area contributed by atoms with Crippen LogP contribution in [-0.2, 0) is 19.4 Å². The molecule has 1 atom stereocenters. The van der Waals surface area contributed by atoms with Crippen LogP contribution in [0.15, 0.2) is 18.2 Å². The highest BCUT2D eigenvalue weighted by molar-refractivity contribution is 5.95. The molecule has 0 spiro atoms. The van der Waals surface area contributed by atoms with Gasteiger partial charge in [0.25, 0.3) is 5.91 Å². The van der Waals surface area contributed by atoms with Gasteiger partial charge in [-0.3, -0.25) is 4.79 Å². The molecule has 1 aliphatic carbocycles. The van der Waals surface area contributed by atoms with E-state index in [9.17, 15) is 13.6 Å². The molecule has 0 fully saturated rings. The third-order valence-corrected chi connectivity index (χ3v) is 5.37. The molecule has 0 saturated heterocycles. The standard InChI is InChI=1S/C21H26F2N2O/c1-4-13(2)24-21(26)20-14(3)16-7-5-6-8-19(16)25(20)12-15-9-10-17(22)18(23)11-15/h9-11,13H,4-8,12H2,1-3H3,(H,24,26). The average molecular weight is 360 g/mol. The number of hydrogen-bond acceptors (Lipinski definition) is 1. The van der Waals surface area contributed by atoms with Gasteiger partial charge in [-0.2, -0.15) is 0 Å². The SMILES string of the molecule is CCC(C)NC(=O)c1c(C)c2c(n1Cc1ccc(F)c(F)c1)CCCC2. The molecule has 1 amide bonds. The van der Waals surface area contributed by atoms with Gasteiger partial charge in [-0.15, -0.1) is 0 Å². The molecule has 1 aliphatic rings. The summed E-state index contributed by atoms with van der Waals surface area (Å²) in [5, 5.41) is 3.05. The number of halogens is 2. The molecule has 2 aromatic rings. The number of nitrogens with one attached hydrogen (secondary N) is 1. The van der Waals surface area contributed by atoms with Gasteiger partial charge in [-0.05, 0) is 74.8 Å². The Kier molecular flexibility index (Phi) is 5.44. The van der Waals surface area contributed by atoms with Crippen LogP contribution in [0, 0.1) is 18.6 Å². The van der Waals surface area contributed by atoms with Gasteiger partial charge in [0.15, 0.2) is 11.6 Å². The zero-order chi connectivity index (χ0) is 18.8. The highest BCUT2D eigenvalue weighted by atomic mass is 19.2. The van der Waals surface area contributed by atoms with Crippen molar-refractivity contribution < 1.29 is 13.6 Å². The monoisotopic (exact) mass is 360 g/mol. The molecule has 0 aliphatic heterocycles. The van der Waals surface area contributed by atoms with E-state index in [1.807, 2.05) is 25.3 Å². The van der Waals surface area contributed by atoms with E-state index in [4.69, 9.17) is 0 Å². The largest absolute Gasteiger partial charge is 0.348 e. The lowest BCUT2D eigenvalue weighted by atomic mass is 9.95. The third kappa shape index (κ3) is 3.53. The number of carbonyl (C=O) groups is 1. The minimum Gasteiger partial charge on any atom is -0.348 e. The Morgan fingerprint density at radius 3 is 2.65 bits per heavy atom. The average Bonchev–Trinajstić information content (AvgIpc) is 2.90. The Hall–Kier alpha value is -2.17. The van der Waals surface area contributed by atoms with Crippen molar-refractivity contribution in [3.05, 3.63) is 57.9 Å². The Labute approximate surface area is 153 Å². The highest BCUT2D eigenvalue weighted by Gasteiger charge is 2.26. The molecule has 3 nitrogen and oxygen atoms in total. The maximum atomic E-state index is 13.6. The van der Waals surface area contributed by atoms with E-state index in [0.717, 1.165) is 49.4 Å². The number of amides is 1. The van der Waals surface area contributed by atoms with Crippen molar-refractivity contribution in [2.75, 3.05) is 0 Å². The maximum Gasteiger partial charge on any atom is 0.268 e. The number of hydrogen-bond donors (Lipinski definition) is 1. The molecule has 5 heteroatoms. The molecule has 140 valence electrons. The first kappa shape index (κ1) is 18.6. The van der Waals surface area contributed by atoms with Gasteiger partial charge in [0.2, 0.25) is 0 Å². The molecule has 3 rings (SSSR count). The van der Waals surface area contributed by atoms with Crippen LogP contribution in [0.2, 0.25) is 0 Å². The molecule has 1 aromatic carbocycles. The van der Waals surface area contributed by atoms with E-state index in [1.165, 1.54) is 11.6 Å². The summed E-state index contributed by atoms with van der Waals surface area (Å²) < 4.78 is 28.9. The molecule has 1 aromatic heterocycles. The van der Waals surface area contributed by atoms with E-state index < -0.39 is 11.6 Å². The van der Waals surface area contributed by atoms with Crippen molar-refractivity contribution >= 4 is 5.91 Å². The Bertz CT molecular complexity index is 826. The van der Waals surface area contributed by atoms with Gasteiger partial charge in [0, 0.05) is 18.3 Å². The fraction of sp³-hybridized carbons (Fsp3) is 0.476. The van der Waals surface area contributed by atoms with Gasteiger partial charge in [0.05, 0.1) is 0 Å². The molecule has 1 N–H and O–H groups in total. The first-order valence-corrected chi connectivity index (χ1v) is 9.38.